The maximum Gasteiger partial charge on any atom is 0.306 e. The first-order valence-corrected chi connectivity index (χ1v) is 26.2. The second kappa shape index (κ2) is 52.0. The first-order valence-electron chi connectivity index (χ1n) is 26.2. The van der Waals surface area contributed by atoms with Crippen LogP contribution >= 0.6 is 0 Å². The minimum atomic E-state index is -0.801. The molecule has 364 valence electrons. The van der Waals surface area contributed by atoms with Crippen molar-refractivity contribution in [1.29, 1.82) is 0 Å². The van der Waals surface area contributed by atoms with Gasteiger partial charge in [-0.05, 0) is 89.9 Å². The molecule has 1 atom stereocenters. The van der Waals surface area contributed by atoms with Crippen molar-refractivity contribution in [1.82, 2.24) is 0 Å². The second-order valence-electron chi connectivity index (χ2n) is 17.1. The Hall–Kier alpha value is -3.67. The molecule has 1 unspecified atom stereocenters. The van der Waals surface area contributed by atoms with Gasteiger partial charge in [0.2, 0.25) is 0 Å². The summed E-state index contributed by atoms with van der Waals surface area (Å²) in [5.74, 6) is -0.973. The van der Waals surface area contributed by atoms with Crippen molar-refractivity contribution in [2.24, 2.45) is 0 Å². The van der Waals surface area contributed by atoms with Crippen LogP contribution in [0.1, 0.15) is 233 Å². The molecule has 0 heterocycles. The molecular formula is C58H96O6. The molecule has 0 saturated heterocycles. The third kappa shape index (κ3) is 49.3. The number of allylic oxidation sites excluding steroid dienone is 16. The smallest absolute Gasteiger partial charge is 0.306 e. The highest BCUT2D eigenvalue weighted by Gasteiger charge is 2.19. The van der Waals surface area contributed by atoms with Gasteiger partial charge in [0.1, 0.15) is 13.2 Å². The van der Waals surface area contributed by atoms with Crippen molar-refractivity contribution in [3.8, 4) is 0 Å². The molecule has 6 heteroatoms. The van der Waals surface area contributed by atoms with Crippen molar-refractivity contribution in [3.05, 3.63) is 97.2 Å². The summed E-state index contributed by atoms with van der Waals surface area (Å²) in [5.41, 5.74) is 0. The number of carbonyl (C=O) groups excluding carboxylic acids is 3. The summed E-state index contributed by atoms with van der Waals surface area (Å²) in [6.07, 6.45) is 68.3. The van der Waals surface area contributed by atoms with Gasteiger partial charge < -0.3 is 14.2 Å². The lowest BCUT2D eigenvalue weighted by molar-refractivity contribution is -0.167. The van der Waals surface area contributed by atoms with Gasteiger partial charge in [0, 0.05) is 19.3 Å². The van der Waals surface area contributed by atoms with E-state index in [0.29, 0.717) is 19.3 Å². The zero-order valence-electron chi connectivity index (χ0n) is 41.5. The topological polar surface area (TPSA) is 78.9 Å². The molecule has 0 aromatic carbocycles. The van der Waals surface area contributed by atoms with Gasteiger partial charge in [-0.15, -0.1) is 0 Å². The molecule has 0 radical (unpaired) electrons. The maximum atomic E-state index is 12.8. The fourth-order valence-corrected chi connectivity index (χ4v) is 6.88. The van der Waals surface area contributed by atoms with E-state index in [1.807, 2.05) is 0 Å². The monoisotopic (exact) mass is 889 g/mol. The van der Waals surface area contributed by atoms with E-state index in [1.54, 1.807) is 0 Å². The van der Waals surface area contributed by atoms with Crippen molar-refractivity contribution in [2.45, 2.75) is 239 Å². The average Bonchev–Trinajstić information content (AvgIpc) is 3.29. The van der Waals surface area contributed by atoms with Crippen LogP contribution in [0.25, 0.3) is 0 Å². The number of hydrogen-bond donors (Lipinski definition) is 0. The summed E-state index contributed by atoms with van der Waals surface area (Å²) >= 11 is 0. The predicted molar refractivity (Wildman–Crippen MR) is 274 cm³/mol. The van der Waals surface area contributed by atoms with Gasteiger partial charge in [0.25, 0.3) is 0 Å². The Morgan fingerprint density at radius 2 is 0.641 bits per heavy atom. The number of unbranched alkanes of at least 4 members (excludes halogenated alkanes) is 19. The van der Waals surface area contributed by atoms with Crippen molar-refractivity contribution in [3.63, 3.8) is 0 Å². The highest BCUT2D eigenvalue weighted by molar-refractivity contribution is 5.71. The third-order valence-corrected chi connectivity index (χ3v) is 10.8. The van der Waals surface area contributed by atoms with Gasteiger partial charge in [-0.1, -0.05) is 221 Å². The molecule has 0 bridgehead atoms. The number of ether oxygens (including phenoxy) is 3. The van der Waals surface area contributed by atoms with Gasteiger partial charge in [0.15, 0.2) is 6.10 Å². The molecule has 0 saturated carbocycles. The Bertz CT molecular complexity index is 1300. The lowest BCUT2D eigenvalue weighted by Gasteiger charge is -2.18. The van der Waals surface area contributed by atoms with Crippen molar-refractivity contribution >= 4 is 17.9 Å². The minimum absolute atomic E-state index is 0.0992. The zero-order chi connectivity index (χ0) is 46.5. The summed E-state index contributed by atoms with van der Waals surface area (Å²) in [6, 6.07) is 0. The van der Waals surface area contributed by atoms with E-state index >= 15 is 0 Å². The van der Waals surface area contributed by atoms with Crippen LogP contribution in [0.4, 0.5) is 0 Å². The number of rotatable bonds is 46. The number of esters is 3. The quantitative estimate of drug-likeness (QED) is 0.0262. The minimum Gasteiger partial charge on any atom is -0.462 e. The van der Waals surface area contributed by atoms with Crippen molar-refractivity contribution < 1.29 is 28.6 Å². The Kier molecular flexibility index (Phi) is 49.0. The van der Waals surface area contributed by atoms with E-state index in [0.717, 1.165) is 103 Å². The van der Waals surface area contributed by atoms with Crippen LogP contribution < -0.4 is 0 Å². The van der Waals surface area contributed by atoms with Gasteiger partial charge in [-0.3, -0.25) is 14.4 Å². The SMILES string of the molecule is CC/C=C\C/C=C\C/C=C\C/C=C\C/C=C\C/C=C\C/C=C\CCCC(=O)OCC(COC(=O)CCCCCCC/C=C\CCCC)OC(=O)CCCCCCCCCCCCCC. The molecule has 0 N–H and O–H groups in total. The average molecular weight is 889 g/mol. The van der Waals surface area contributed by atoms with E-state index in [1.165, 1.54) is 83.5 Å². The van der Waals surface area contributed by atoms with E-state index in [9.17, 15) is 14.4 Å². The van der Waals surface area contributed by atoms with Crippen LogP contribution in [0.5, 0.6) is 0 Å². The van der Waals surface area contributed by atoms with Crippen LogP contribution in [0.15, 0.2) is 97.2 Å². The Balaban J connectivity index is 4.43. The van der Waals surface area contributed by atoms with Gasteiger partial charge in [-0.25, -0.2) is 0 Å². The molecule has 0 spiro atoms. The normalized spacial score (nSPS) is 12.9. The summed E-state index contributed by atoms with van der Waals surface area (Å²) in [4.78, 5) is 37.9. The Labute approximate surface area is 394 Å². The van der Waals surface area contributed by atoms with E-state index in [2.05, 4.69) is 118 Å². The highest BCUT2D eigenvalue weighted by atomic mass is 16.6. The third-order valence-electron chi connectivity index (χ3n) is 10.8. The standard InChI is InChI=1S/C58H96O6/c1-4-7-10-13-16-19-22-24-25-26-27-28-29-30-31-32-33-34-37-39-42-45-48-51-57(60)63-54-55(53-62-56(59)50-47-44-41-38-35-21-18-15-12-9-6-3)64-58(61)52-49-46-43-40-36-23-20-17-14-11-8-5-2/h7,10,15-16,18-19,24-25,27-28,30-31,33-34,39,42,55H,4-6,8-9,11-14,17,20-23,26,29,32,35-38,40-41,43-54H2,1-3H3/b10-7-,18-15-,19-16-,25-24-,28-27-,31-30-,34-33-,42-39-. The molecule has 0 amide bonds. The highest BCUT2D eigenvalue weighted by Crippen LogP contribution is 2.14. The van der Waals surface area contributed by atoms with Gasteiger partial charge in [0.05, 0.1) is 0 Å². The summed E-state index contributed by atoms with van der Waals surface area (Å²) in [5, 5.41) is 0. The predicted octanol–water partition coefficient (Wildman–Crippen LogP) is 17.4. The summed E-state index contributed by atoms with van der Waals surface area (Å²) in [6.45, 7) is 6.42. The lowest BCUT2D eigenvalue weighted by Crippen LogP contribution is -2.30. The molecule has 0 aliphatic heterocycles. The largest absolute Gasteiger partial charge is 0.462 e. The van der Waals surface area contributed by atoms with Gasteiger partial charge >= 0.3 is 17.9 Å². The van der Waals surface area contributed by atoms with E-state index in [-0.39, 0.29) is 37.5 Å². The van der Waals surface area contributed by atoms with E-state index in [4.69, 9.17) is 14.2 Å². The molecule has 0 fully saturated rings. The second-order valence-corrected chi connectivity index (χ2v) is 17.1. The van der Waals surface area contributed by atoms with Gasteiger partial charge in [-0.2, -0.15) is 0 Å². The summed E-state index contributed by atoms with van der Waals surface area (Å²) in [7, 11) is 0. The fourth-order valence-electron chi connectivity index (χ4n) is 6.88. The first-order chi connectivity index (χ1) is 31.5. The molecule has 0 aliphatic rings. The number of carbonyl (C=O) groups is 3. The van der Waals surface area contributed by atoms with Crippen LogP contribution in [-0.2, 0) is 28.6 Å². The lowest BCUT2D eigenvalue weighted by atomic mass is 10.0. The first kappa shape index (κ1) is 60.3. The Morgan fingerprint density at radius 3 is 1.08 bits per heavy atom. The van der Waals surface area contributed by atoms with Crippen LogP contribution in [-0.4, -0.2) is 37.2 Å². The van der Waals surface area contributed by atoms with Crippen LogP contribution in [0, 0.1) is 0 Å². The van der Waals surface area contributed by atoms with Crippen LogP contribution in [0.2, 0.25) is 0 Å². The Morgan fingerprint density at radius 1 is 0.328 bits per heavy atom. The zero-order valence-corrected chi connectivity index (χ0v) is 41.5. The molecule has 0 aromatic heterocycles. The molecule has 6 nitrogen and oxygen atoms in total. The molecule has 0 aliphatic carbocycles. The molecular weight excluding hydrogens is 793 g/mol. The number of hydrogen-bond acceptors (Lipinski definition) is 6. The molecule has 0 aromatic rings. The fraction of sp³-hybridized carbons (Fsp3) is 0.672. The van der Waals surface area contributed by atoms with Crippen molar-refractivity contribution in [2.75, 3.05) is 13.2 Å². The maximum absolute atomic E-state index is 12.8. The van der Waals surface area contributed by atoms with E-state index < -0.39 is 6.10 Å². The molecule has 64 heavy (non-hydrogen) atoms. The van der Waals surface area contributed by atoms with Crippen LogP contribution in [0.3, 0.4) is 0 Å². The molecule has 0 rings (SSSR count). The summed E-state index contributed by atoms with van der Waals surface area (Å²) < 4.78 is 16.7.